The minimum atomic E-state index is -0.413. The Morgan fingerprint density at radius 2 is 1.35 bits per heavy atom. The molecule has 0 unspecified atom stereocenters. The highest BCUT2D eigenvalue weighted by Gasteiger charge is 2.17. The molecule has 0 N–H and O–H groups in total. The van der Waals surface area contributed by atoms with Gasteiger partial charge in [-0.2, -0.15) is 0 Å². The van der Waals surface area contributed by atoms with E-state index in [2.05, 4.69) is 5.16 Å². The van der Waals surface area contributed by atoms with E-state index in [1.807, 2.05) is 67.6 Å². The third kappa shape index (κ3) is 3.54. The highest BCUT2D eigenvalue weighted by Crippen LogP contribution is 2.26. The molecule has 3 nitrogen and oxygen atoms in total. The average molecular weight is 267 g/mol. The van der Waals surface area contributed by atoms with Crippen LogP contribution in [0.1, 0.15) is 30.9 Å². The van der Waals surface area contributed by atoms with E-state index in [9.17, 15) is 4.79 Å². The Kier molecular flexibility index (Phi) is 4.66. The summed E-state index contributed by atoms with van der Waals surface area (Å²) < 4.78 is 0. The normalized spacial score (nSPS) is 11.4. The second-order valence-corrected chi connectivity index (χ2v) is 4.57. The molecule has 0 aliphatic rings. The summed E-state index contributed by atoms with van der Waals surface area (Å²) in [7, 11) is 0. The molecule has 2 rings (SSSR count). The number of oxime groups is 1. The van der Waals surface area contributed by atoms with Gasteiger partial charge < -0.3 is 4.84 Å². The fraction of sp³-hybridized carbons (Fsp3) is 0.176. The predicted molar refractivity (Wildman–Crippen MR) is 79.6 cm³/mol. The van der Waals surface area contributed by atoms with Crippen molar-refractivity contribution in [2.75, 3.05) is 0 Å². The Labute approximate surface area is 118 Å². The minimum absolute atomic E-state index is 0.0169. The first kappa shape index (κ1) is 14.0. The van der Waals surface area contributed by atoms with E-state index in [-0.39, 0.29) is 5.92 Å². The number of hydrogen-bond donors (Lipinski definition) is 0. The molecule has 2 aromatic rings. The van der Waals surface area contributed by atoms with Gasteiger partial charge in [-0.3, -0.25) is 0 Å². The number of nitrogens with zero attached hydrogens (tertiary/aromatic N) is 1. The molecule has 0 aromatic heterocycles. The molecule has 2 aromatic carbocycles. The van der Waals surface area contributed by atoms with Crippen molar-refractivity contribution in [1.29, 1.82) is 0 Å². The summed E-state index contributed by atoms with van der Waals surface area (Å²) in [6.45, 7) is 3.21. The van der Waals surface area contributed by atoms with Gasteiger partial charge in [0.2, 0.25) is 0 Å². The molecule has 0 spiro atoms. The van der Waals surface area contributed by atoms with Crippen LogP contribution in [0.15, 0.2) is 65.8 Å². The van der Waals surface area contributed by atoms with E-state index in [0.717, 1.165) is 16.8 Å². The standard InChI is InChI=1S/C17H17NO2/c1-13(18-20-14(2)19)17(15-9-5-3-6-10-15)16-11-7-4-8-12-16/h3-12,17H,1-2H3/b18-13+. The van der Waals surface area contributed by atoms with Gasteiger partial charge in [0.15, 0.2) is 0 Å². The first-order chi connectivity index (χ1) is 9.68. The summed E-state index contributed by atoms with van der Waals surface area (Å²) in [5, 5.41) is 3.94. The average Bonchev–Trinajstić information content (AvgIpc) is 2.48. The zero-order valence-electron chi connectivity index (χ0n) is 11.6. The highest BCUT2D eigenvalue weighted by molar-refractivity contribution is 5.91. The van der Waals surface area contributed by atoms with Gasteiger partial charge in [-0.05, 0) is 18.1 Å². The lowest BCUT2D eigenvalue weighted by Crippen LogP contribution is -2.12. The van der Waals surface area contributed by atoms with E-state index in [0.29, 0.717) is 0 Å². The lowest BCUT2D eigenvalue weighted by molar-refractivity contribution is -0.140. The monoisotopic (exact) mass is 267 g/mol. The molecule has 3 heteroatoms. The highest BCUT2D eigenvalue weighted by atomic mass is 16.7. The Bertz CT molecular complexity index is 551. The van der Waals surface area contributed by atoms with Gasteiger partial charge in [-0.1, -0.05) is 65.8 Å². The molecular formula is C17H17NO2. The van der Waals surface area contributed by atoms with Gasteiger partial charge in [-0.15, -0.1) is 0 Å². The van der Waals surface area contributed by atoms with E-state index in [1.165, 1.54) is 6.92 Å². The molecule has 0 bridgehead atoms. The summed E-state index contributed by atoms with van der Waals surface area (Å²) in [4.78, 5) is 15.7. The van der Waals surface area contributed by atoms with Crippen LogP contribution in [0.2, 0.25) is 0 Å². The number of rotatable bonds is 4. The van der Waals surface area contributed by atoms with Crippen LogP contribution in [0, 0.1) is 0 Å². The molecule has 0 saturated heterocycles. The molecule has 0 radical (unpaired) electrons. The van der Waals surface area contributed by atoms with Crippen LogP contribution in [0.25, 0.3) is 0 Å². The zero-order chi connectivity index (χ0) is 14.4. The fourth-order valence-electron chi connectivity index (χ4n) is 2.15. The smallest absolute Gasteiger partial charge is 0.319 e. The zero-order valence-corrected chi connectivity index (χ0v) is 11.6. The van der Waals surface area contributed by atoms with Crippen molar-refractivity contribution < 1.29 is 9.63 Å². The van der Waals surface area contributed by atoms with Crippen LogP contribution in [0.5, 0.6) is 0 Å². The molecule has 0 amide bonds. The topological polar surface area (TPSA) is 38.7 Å². The van der Waals surface area contributed by atoms with Gasteiger partial charge in [0, 0.05) is 6.92 Å². The maximum atomic E-state index is 10.9. The first-order valence-electron chi connectivity index (χ1n) is 6.50. The third-order valence-corrected chi connectivity index (χ3v) is 3.00. The predicted octanol–water partition coefficient (Wildman–Crippen LogP) is 3.76. The molecule has 0 saturated carbocycles. The van der Waals surface area contributed by atoms with Crippen molar-refractivity contribution in [2.24, 2.45) is 5.16 Å². The third-order valence-electron chi connectivity index (χ3n) is 3.00. The summed E-state index contributed by atoms with van der Waals surface area (Å²) in [5.74, 6) is -0.430. The van der Waals surface area contributed by atoms with Crippen molar-refractivity contribution in [3.63, 3.8) is 0 Å². The summed E-state index contributed by atoms with van der Waals surface area (Å²) >= 11 is 0. The first-order valence-corrected chi connectivity index (χ1v) is 6.50. The van der Waals surface area contributed by atoms with Crippen LogP contribution in [-0.2, 0) is 9.63 Å². The van der Waals surface area contributed by atoms with Crippen LogP contribution in [-0.4, -0.2) is 11.7 Å². The molecular weight excluding hydrogens is 250 g/mol. The Hall–Kier alpha value is -2.42. The molecule has 0 aliphatic carbocycles. The fourth-order valence-corrected chi connectivity index (χ4v) is 2.15. The SMILES string of the molecule is CC(=O)O/N=C(\C)C(c1ccccc1)c1ccccc1. The van der Waals surface area contributed by atoms with Crippen molar-refractivity contribution >= 4 is 11.7 Å². The molecule has 20 heavy (non-hydrogen) atoms. The van der Waals surface area contributed by atoms with E-state index < -0.39 is 5.97 Å². The molecule has 0 atom stereocenters. The van der Waals surface area contributed by atoms with Crippen LogP contribution in [0.4, 0.5) is 0 Å². The van der Waals surface area contributed by atoms with Gasteiger partial charge in [0.05, 0.1) is 11.6 Å². The molecule has 0 heterocycles. The quantitative estimate of drug-likeness (QED) is 0.480. The van der Waals surface area contributed by atoms with Crippen molar-refractivity contribution in [2.45, 2.75) is 19.8 Å². The Balaban J connectivity index is 2.40. The Morgan fingerprint density at radius 3 is 1.75 bits per heavy atom. The van der Waals surface area contributed by atoms with Gasteiger partial charge in [0.25, 0.3) is 0 Å². The molecule has 0 aliphatic heterocycles. The second kappa shape index (κ2) is 6.66. The van der Waals surface area contributed by atoms with E-state index >= 15 is 0 Å². The van der Waals surface area contributed by atoms with E-state index in [1.54, 1.807) is 0 Å². The van der Waals surface area contributed by atoms with Gasteiger partial charge in [0.1, 0.15) is 0 Å². The largest absolute Gasteiger partial charge is 0.331 e. The summed E-state index contributed by atoms with van der Waals surface area (Å²) in [6, 6.07) is 20.1. The number of benzene rings is 2. The van der Waals surface area contributed by atoms with Crippen LogP contribution < -0.4 is 0 Å². The van der Waals surface area contributed by atoms with Gasteiger partial charge in [-0.25, -0.2) is 4.79 Å². The second-order valence-electron chi connectivity index (χ2n) is 4.57. The summed E-state index contributed by atoms with van der Waals surface area (Å²) in [5.41, 5.74) is 2.98. The maximum absolute atomic E-state index is 10.9. The number of hydrogen-bond acceptors (Lipinski definition) is 3. The lowest BCUT2D eigenvalue weighted by atomic mass is 9.88. The lowest BCUT2D eigenvalue weighted by Gasteiger charge is -2.17. The number of carbonyl (C=O) groups excluding carboxylic acids is 1. The number of carbonyl (C=O) groups is 1. The van der Waals surface area contributed by atoms with Crippen LogP contribution >= 0.6 is 0 Å². The maximum Gasteiger partial charge on any atom is 0.331 e. The van der Waals surface area contributed by atoms with Crippen molar-refractivity contribution in [3.05, 3.63) is 71.8 Å². The molecule has 0 fully saturated rings. The molecule has 102 valence electrons. The van der Waals surface area contributed by atoms with Crippen LogP contribution in [0.3, 0.4) is 0 Å². The summed E-state index contributed by atoms with van der Waals surface area (Å²) in [6.07, 6.45) is 0. The van der Waals surface area contributed by atoms with Gasteiger partial charge >= 0.3 is 5.97 Å². The Morgan fingerprint density at radius 1 is 0.900 bits per heavy atom. The van der Waals surface area contributed by atoms with E-state index in [4.69, 9.17) is 4.84 Å². The minimum Gasteiger partial charge on any atom is -0.319 e. The van der Waals surface area contributed by atoms with Crippen molar-refractivity contribution in [3.8, 4) is 0 Å². The van der Waals surface area contributed by atoms with Crippen molar-refractivity contribution in [1.82, 2.24) is 0 Å².